The second-order valence-corrected chi connectivity index (χ2v) is 9.10. The van der Waals surface area contributed by atoms with Gasteiger partial charge in [0.2, 0.25) is 5.91 Å². The highest BCUT2D eigenvalue weighted by Crippen LogP contribution is 2.44. The van der Waals surface area contributed by atoms with Crippen molar-refractivity contribution in [3.63, 3.8) is 0 Å². The van der Waals surface area contributed by atoms with Crippen LogP contribution in [0.4, 0.5) is 4.79 Å². The highest BCUT2D eigenvalue weighted by molar-refractivity contribution is 5.79. The summed E-state index contributed by atoms with van der Waals surface area (Å²) in [6.45, 7) is 2.84. The number of hydrogen-bond acceptors (Lipinski definition) is 5. The summed E-state index contributed by atoms with van der Waals surface area (Å²) in [5, 5.41) is 14.8. The smallest absolute Gasteiger partial charge is 0.407 e. The number of alkyl carbamates (subject to hydrolysis) is 1. The molecule has 2 aromatic rings. The lowest BCUT2D eigenvalue weighted by atomic mass is 9.98. The van der Waals surface area contributed by atoms with Crippen molar-refractivity contribution in [3.8, 4) is 11.1 Å². The van der Waals surface area contributed by atoms with Gasteiger partial charge in [0.15, 0.2) is 6.10 Å². The molecule has 0 spiro atoms. The first kappa shape index (κ1) is 24.7. The van der Waals surface area contributed by atoms with Crippen LogP contribution >= 0.6 is 0 Å². The Morgan fingerprint density at radius 2 is 1.74 bits per heavy atom. The van der Waals surface area contributed by atoms with Crippen LogP contribution in [0.5, 0.6) is 0 Å². The summed E-state index contributed by atoms with van der Waals surface area (Å²) in [5.74, 6) is -1.40. The van der Waals surface area contributed by atoms with Gasteiger partial charge >= 0.3 is 12.1 Å². The number of hydrogen-bond donors (Lipinski definition) is 3. The van der Waals surface area contributed by atoms with Gasteiger partial charge in [0.1, 0.15) is 6.61 Å². The van der Waals surface area contributed by atoms with Gasteiger partial charge in [0, 0.05) is 37.5 Å². The molecule has 2 amide bonds. The predicted octanol–water partition coefficient (Wildman–Crippen LogP) is 3.69. The quantitative estimate of drug-likeness (QED) is 0.478. The largest absolute Gasteiger partial charge is 0.479 e. The predicted molar refractivity (Wildman–Crippen MR) is 130 cm³/mol. The lowest BCUT2D eigenvalue weighted by Crippen LogP contribution is -2.38. The molecule has 1 fully saturated rings. The van der Waals surface area contributed by atoms with Crippen LogP contribution in [0.3, 0.4) is 0 Å². The van der Waals surface area contributed by atoms with Crippen LogP contribution < -0.4 is 10.6 Å². The van der Waals surface area contributed by atoms with E-state index in [0.29, 0.717) is 25.9 Å². The van der Waals surface area contributed by atoms with Crippen molar-refractivity contribution in [2.24, 2.45) is 5.92 Å². The molecule has 0 aromatic heterocycles. The number of amides is 2. The lowest BCUT2D eigenvalue weighted by molar-refractivity contribution is -0.149. The van der Waals surface area contributed by atoms with Gasteiger partial charge in [-0.2, -0.15) is 0 Å². The molecule has 8 nitrogen and oxygen atoms in total. The molecule has 0 bridgehead atoms. The van der Waals surface area contributed by atoms with E-state index in [4.69, 9.17) is 14.6 Å². The molecule has 3 atom stereocenters. The van der Waals surface area contributed by atoms with Gasteiger partial charge in [0.25, 0.3) is 0 Å². The van der Waals surface area contributed by atoms with E-state index < -0.39 is 18.2 Å². The number of carbonyl (C=O) groups is 3. The van der Waals surface area contributed by atoms with Crippen LogP contribution in [-0.4, -0.2) is 55.0 Å². The Labute approximate surface area is 205 Å². The number of fused-ring (bicyclic) bond motifs is 3. The Balaban J connectivity index is 1.23. The first-order valence-corrected chi connectivity index (χ1v) is 12.2. The summed E-state index contributed by atoms with van der Waals surface area (Å²) >= 11 is 0. The number of nitrogens with one attached hydrogen (secondary N) is 2. The average Bonchev–Trinajstić information content (AvgIpc) is 3.47. The Morgan fingerprint density at radius 1 is 1.09 bits per heavy atom. The van der Waals surface area contributed by atoms with Crippen molar-refractivity contribution in [3.05, 3.63) is 59.7 Å². The van der Waals surface area contributed by atoms with E-state index in [-0.39, 0.29) is 43.4 Å². The van der Waals surface area contributed by atoms with Crippen molar-refractivity contribution in [1.82, 2.24) is 10.6 Å². The monoisotopic (exact) mass is 480 g/mol. The van der Waals surface area contributed by atoms with Gasteiger partial charge in [-0.25, -0.2) is 9.59 Å². The molecule has 1 aliphatic heterocycles. The number of carbonyl (C=O) groups excluding carboxylic acids is 2. The molecule has 2 aliphatic rings. The number of carboxylic acid groups (broad SMARTS) is 1. The molecule has 3 N–H and O–H groups in total. The number of carboxylic acids is 1. The molecule has 186 valence electrons. The third kappa shape index (κ3) is 5.82. The molecule has 3 unspecified atom stereocenters. The van der Waals surface area contributed by atoms with E-state index in [1.807, 2.05) is 31.2 Å². The molecular weight excluding hydrogens is 448 g/mol. The van der Waals surface area contributed by atoms with E-state index in [1.165, 1.54) is 11.1 Å². The first-order chi connectivity index (χ1) is 17.0. The molecule has 35 heavy (non-hydrogen) atoms. The number of aliphatic carboxylic acids is 1. The molecule has 8 heteroatoms. The minimum absolute atomic E-state index is 0.00630. The second-order valence-electron chi connectivity index (χ2n) is 9.10. The van der Waals surface area contributed by atoms with Crippen LogP contribution in [0.15, 0.2) is 48.5 Å². The summed E-state index contributed by atoms with van der Waals surface area (Å²) < 4.78 is 10.8. The molecule has 4 rings (SSSR count). The lowest BCUT2D eigenvalue weighted by Gasteiger charge is -2.19. The Morgan fingerprint density at radius 3 is 2.37 bits per heavy atom. The fourth-order valence-corrected chi connectivity index (χ4v) is 4.94. The number of ether oxygens (including phenoxy) is 2. The van der Waals surface area contributed by atoms with E-state index >= 15 is 0 Å². The SMILES string of the molecule is CCC(CCC(=O)NCC1CCOC1C(=O)O)NC(=O)OCC1c2ccccc2-c2ccccc21. The molecule has 0 radical (unpaired) electrons. The van der Waals surface area contributed by atoms with Crippen molar-refractivity contribution >= 4 is 18.0 Å². The number of rotatable bonds is 10. The van der Waals surface area contributed by atoms with E-state index in [0.717, 1.165) is 11.1 Å². The molecule has 1 heterocycles. The van der Waals surface area contributed by atoms with E-state index in [1.54, 1.807) is 0 Å². The van der Waals surface area contributed by atoms with E-state index in [2.05, 4.69) is 34.9 Å². The van der Waals surface area contributed by atoms with Crippen molar-refractivity contribution in [1.29, 1.82) is 0 Å². The minimum Gasteiger partial charge on any atom is -0.479 e. The standard InChI is InChI=1S/C27H32N2O6/c1-2-18(11-12-24(30)28-15-17-13-14-34-25(17)26(31)32)29-27(33)35-16-23-21-9-5-3-7-19(21)20-8-4-6-10-22(20)23/h3-10,17-18,23,25H,2,11-16H2,1H3,(H,28,30)(H,29,33)(H,31,32). The maximum absolute atomic E-state index is 12.5. The van der Waals surface area contributed by atoms with Gasteiger partial charge in [-0.3, -0.25) is 4.79 Å². The van der Waals surface area contributed by atoms with Crippen LogP contribution in [0, 0.1) is 5.92 Å². The highest BCUT2D eigenvalue weighted by atomic mass is 16.5. The zero-order valence-corrected chi connectivity index (χ0v) is 19.9. The van der Waals surface area contributed by atoms with Crippen LogP contribution in [0.25, 0.3) is 11.1 Å². The van der Waals surface area contributed by atoms with Crippen molar-refractivity contribution < 1.29 is 29.0 Å². The van der Waals surface area contributed by atoms with Crippen LogP contribution in [0.1, 0.15) is 49.7 Å². The van der Waals surface area contributed by atoms with Gasteiger partial charge in [-0.15, -0.1) is 0 Å². The first-order valence-electron chi connectivity index (χ1n) is 12.2. The molecular formula is C27H32N2O6. The highest BCUT2D eigenvalue weighted by Gasteiger charge is 2.34. The fraction of sp³-hybridized carbons (Fsp3) is 0.444. The summed E-state index contributed by atoms with van der Waals surface area (Å²) in [6.07, 6.45) is 0.608. The van der Waals surface area contributed by atoms with E-state index in [9.17, 15) is 14.4 Å². The molecule has 1 aliphatic carbocycles. The Bertz CT molecular complexity index is 1030. The summed E-state index contributed by atoms with van der Waals surface area (Å²) in [6, 6.07) is 16.2. The molecule has 2 aromatic carbocycles. The molecule has 0 saturated carbocycles. The van der Waals surface area contributed by atoms with Crippen molar-refractivity contribution in [2.45, 2.75) is 50.7 Å². The molecule has 1 saturated heterocycles. The number of benzene rings is 2. The van der Waals surface area contributed by atoms with Crippen LogP contribution in [-0.2, 0) is 19.1 Å². The summed E-state index contributed by atoms with van der Waals surface area (Å²) in [7, 11) is 0. The average molecular weight is 481 g/mol. The fourth-order valence-electron chi connectivity index (χ4n) is 4.94. The normalized spacial score (nSPS) is 19.5. The van der Waals surface area contributed by atoms with Gasteiger partial charge < -0.3 is 25.2 Å². The summed E-state index contributed by atoms with van der Waals surface area (Å²) in [5.41, 5.74) is 4.66. The summed E-state index contributed by atoms with van der Waals surface area (Å²) in [4.78, 5) is 36.0. The van der Waals surface area contributed by atoms with Gasteiger partial charge in [-0.05, 0) is 41.5 Å². The minimum atomic E-state index is -1.000. The third-order valence-electron chi connectivity index (χ3n) is 6.90. The van der Waals surface area contributed by atoms with Gasteiger partial charge in [-0.1, -0.05) is 55.5 Å². The van der Waals surface area contributed by atoms with Gasteiger partial charge in [0.05, 0.1) is 0 Å². The third-order valence-corrected chi connectivity index (χ3v) is 6.90. The zero-order valence-electron chi connectivity index (χ0n) is 19.9. The Kier molecular flexibility index (Phi) is 8.02. The maximum atomic E-state index is 12.5. The topological polar surface area (TPSA) is 114 Å². The van der Waals surface area contributed by atoms with Crippen molar-refractivity contribution in [2.75, 3.05) is 19.8 Å². The maximum Gasteiger partial charge on any atom is 0.407 e. The second kappa shape index (κ2) is 11.4. The Hall–Kier alpha value is -3.39. The van der Waals surface area contributed by atoms with Crippen LogP contribution in [0.2, 0.25) is 0 Å². The zero-order chi connectivity index (χ0) is 24.8.